The molecule has 0 aliphatic carbocycles. The molecule has 2 rings (SSSR count). The number of benzene rings is 1. The summed E-state index contributed by atoms with van der Waals surface area (Å²) in [4.78, 5) is 4.18. The predicted octanol–water partition coefficient (Wildman–Crippen LogP) is 2.56. The monoisotopic (exact) mass is 251 g/mol. The van der Waals surface area contributed by atoms with Crippen LogP contribution in [0.15, 0.2) is 22.7 Å². The lowest BCUT2D eigenvalue weighted by molar-refractivity contribution is 0.0683. The highest BCUT2D eigenvalue weighted by Crippen LogP contribution is 2.26. The van der Waals surface area contributed by atoms with Gasteiger partial charge in [-0.05, 0) is 32.0 Å². The van der Waals surface area contributed by atoms with Crippen molar-refractivity contribution in [2.24, 2.45) is 0 Å². The van der Waals surface area contributed by atoms with Crippen LogP contribution >= 0.6 is 0 Å². The van der Waals surface area contributed by atoms with Crippen LogP contribution in [0.4, 0.5) is 10.1 Å². The molecule has 96 valence electrons. The van der Waals surface area contributed by atoms with Crippen LogP contribution in [0.3, 0.4) is 0 Å². The van der Waals surface area contributed by atoms with E-state index >= 15 is 0 Å². The molecule has 1 aromatic heterocycles. The third-order valence-corrected chi connectivity index (χ3v) is 2.47. The number of nitrogens with zero attached hydrogens (tertiary/aromatic N) is 2. The Morgan fingerprint density at radius 3 is 2.94 bits per heavy atom. The second kappa shape index (κ2) is 5.14. The first-order valence-corrected chi connectivity index (χ1v) is 5.62. The maximum absolute atomic E-state index is 12.9. The molecule has 18 heavy (non-hydrogen) atoms. The summed E-state index contributed by atoms with van der Waals surface area (Å²) in [6.45, 7) is 4.27. The van der Waals surface area contributed by atoms with E-state index < -0.39 is 5.82 Å². The Morgan fingerprint density at radius 1 is 1.50 bits per heavy atom. The predicted molar refractivity (Wildman–Crippen MR) is 64.1 cm³/mol. The third kappa shape index (κ3) is 2.48. The van der Waals surface area contributed by atoms with Gasteiger partial charge in [-0.1, -0.05) is 5.16 Å². The second-order valence-electron chi connectivity index (χ2n) is 3.79. The minimum absolute atomic E-state index is 0.255. The lowest BCUT2D eigenvalue weighted by Crippen LogP contribution is -2.01. The molecule has 1 heterocycles. The second-order valence-corrected chi connectivity index (χ2v) is 3.79. The Balaban J connectivity index is 2.29. The average Bonchev–Trinajstić information content (AvgIpc) is 2.78. The van der Waals surface area contributed by atoms with E-state index in [-0.39, 0.29) is 17.7 Å². The first-order valence-electron chi connectivity index (χ1n) is 5.62. The van der Waals surface area contributed by atoms with E-state index in [0.717, 1.165) is 0 Å². The van der Waals surface area contributed by atoms with E-state index in [1.54, 1.807) is 0 Å². The van der Waals surface area contributed by atoms with Crippen LogP contribution in [-0.4, -0.2) is 16.7 Å². The topological polar surface area (TPSA) is 74.2 Å². The van der Waals surface area contributed by atoms with Gasteiger partial charge in [-0.3, -0.25) is 0 Å². The van der Waals surface area contributed by atoms with Crippen molar-refractivity contribution in [1.82, 2.24) is 10.1 Å². The molecular weight excluding hydrogens is 237 g/mol. The molecule has 1 unspecified atom stereocenters. The van der Waals surface area contributed by atoms with Gasteiger partial charge in [-0.2, -0.15) is 4.98 Å². The van der Waals surface area contributed by atoms with Crippen molar-refractivity contribution in [3.05, 3.63) is 29.8 Å². The van der Waals surface area contributed by atoms with Crippen molar-refractivity contribution in [1.29, 1.82) is 0 Å². The van der Waals surface area contributed by atoms with Gasteiger partial charge in [-0.15, -0.1) is 0 Å². The van der Waals surface area contributed by atoms with Gasteiger partial charge in [0.1, 0.15) is 11.9 Å². The molecule has 2 aromatic rings. The molecule has 0 aliphatic heterocycles. The van der Waals surface area contributed by atoms with E-state index in [9.17, 15) is 4.39 Å². The zero-order chi connectivity index (χ0) is 13.1. The highest BCUT2D eigenvalue weighted by molar-refractivity contribution is 5.70. The van der Waals surface area contributed by atoms with Crippen LogP contribution in [0.2, 0.25) is 0 Å². The molecule has 0 aliphatic rings. The van der Waals surface area contributed by atoms with Crippen LogP contribution in [0.25, 0.3) is 11.5 Å². The highest BCUT2D eigenvalue weighted by atomic mass is 19.1. The van der Waals surface area contributed by atoms with Crippen LogP contribution in [0, 0.1) is 5.82 Å². The van der Waals surface area contributed by atoms with Crippen molar-refractivity contribution in [3.8, 4) is 11.5 Å². The number of halogens is 1. The van der Waals surface area contributed by atoms with E-state index in [2.05, 4.69) is 10.1 Å². The molecule has 2 N–H and O–H groups in total. The van der Waals surface area contributed by atoms with Crippen LogP contribution in [0.5, 0.6) is 0 Å². The van der Waals surface area contributed by atoms with Crippen molar-refractivity contribution >= 4 is 5.69 Å². The summed E-state index contributed by atoms with van der Waals surface area (Å²) in [5.41, 5.74) is 6.47. The average molecular weight is 251 g/mol. The fourth-order valence-corrected chi connectivity index (χ4v) is 1.56. The lowest BCUT2D eigenvalue weighted by atomic mass is 10.2. The molecule has 6 heteroatoms. The summed E-state index contributed by atoms with van der Waals surface area (Å²) < 4.78 is 23.4. The molecule has 0 radical (unpaired) electrons. The molecule has 0 saturated heterocycles. The Labute approximate surface area is 104 Å². The summed E-state index contributed by atoms with van der Waals surface area (Å²) in [6, 6.07) is 4.01. The van der Waals surface area contributed by atoms with E-state index in [0.29, 0.717) is 18.0 Å². The van der Waals surface area contributed by atoms with Crippen LogP contribution in [-0.2, 0) is 4.74 Å². The molecular formula is C12H14FN3O2. The van der Waals surface area contributed by atoms with E-state index in [1.807, 2.05) is 13.8 Å². The van der Waals surface area contributed by atoms with Gasteiger partial charge in [0.25, 0.3) is 5.89 Å². The maximum Gasteiger partial charge on any atom is 0.260 e. The summed E-state index contributed by atoms with van der Waals surface area (Å²) in [6.07, 6.45) is -0.255. The number of nitrogen functional groups attached to an aromatic ring is 1. The molecule has 1 atom stereocenters. The minimum Gasteiger partial charge on any atom is -0.398 e. The number of hydrogen-bond donors (Lipinski definition) is 1. The summed E-state index contributed by atoms with van der Waals surface area (Å²) in [5.74, 6) is 0.295. The normalized spacial score (nSPS) is 12.6. The minimum atomic E-state index is -0.404. The van der Waals surface area contributed by atoms with Crippen molar-refractivity contribution in [2.75, 3.05) is 12.3 Å². The molecule has 0 saturated carbocycles. The van der Waals surface area contributed by atoms with Gasteiger partial charge in [0.05, 0.1) is 5.56 Å². The molecule has 0 fully saturated rings. The number of rotatable bonds is 4. The summed E-state index contributed by atoms with van der Waals surface area (Å²) in [7, 11) is 0. The van der Waals surface area contributed by atoms with E-state index in [4.69, 9.17) is 15.0 Å². The Hall–Kier alpha value is -1.95. The van der Waals surface area contributed by atoms with Gasteiger partial charge < -0.3 is 15.0 Å². The van der Waals surface area contributed by atoms with Gasteiger partial charge >= 0.3 is 0 Å². The Kier molecular flexibility index (Phi) is 3.57. The highest BCUT2D eigenvalue weighted by Gasteiger charge is 2.16. The zero-order valence-electron chi connectivity index (χ0n) is 10.2. The first-order chi connectivity index (χ1) is 8.61. The number of ether oxygens (including phenoxy) is 1. The molecule has 0 bridgehead atoms. The van der Waals surface area contributed by atoms with Crippen molar-refractivity contribution in [3.63, 3.8) is 0 Å². The van der Waals surface area contributed by atoms with Gasteiger partial charge in [-0.25, -0.2) is 4.39 Å². The molecule has 0 spiro atoms. The smallest absolute Gasteiger partial charge is 0.260 e. The Bertz CT molecular complexity index is 542. The molecule has 1 aromatic carbocycles. The van der Waals surface area contributed by atoms with E-state index in [1.165, 1.54) is 18.2 Å². The fraction of sp³-hybridized carbons (Fsp3) is 0.333. The fourth-order valence-electron chi connectivity index (χ4n) is 1.56. The lowest BCUT2D eigenvalue weighted by Gasteiger charge is -2.04. The van der Waals surface area contributed by atoms with Crippen LogP contribution < -0.4 is 5.73 Å². The quantitative estimate of drug-likeness (QED) is 0.845. The number of anilines is 1. The SMILES string of the molecule is CCOC(C)c1noc(-c2ccc(F)cc2N)n1. The third-order valence-electron chi connectivity index (χ3n) is 2.47. The largest absolute Gasteiger partial charge is 0.398 e. The van der Waals surface area contributed by atoms with Crippen molar-refractivity contribution in [2.45, 2.75) is 20.0 Å². The van der Waals surface area contributed by atoms with Gasteiger partial charge in [0, 0.05) is 12.3 Å². The summed E-state index contributed by atoms with van der Waals surface area (Å²) in [5, 5.41) is 3.81. The number of nitrogens with two attached hydrogens (primary N) is 1. The first kappa shape index (κ1) is 12.5. The molecule has 5 nitrogen and oxygen atoms in total. The zero-order valence-corrected chi connectivity index (χ0v) is 10.2. The summed E-state index contributed by atoms with van der Waals surface area (Å²) >= 11 is 0. The van der Waals surface area contributed by atoms with Crippen molar-refractivity contribution < 1.29 is 13.7 Å². The Morgan fingerprint density at radius 2 is 2.28 bits per heavy atom. The standard InChI is InChI=1S/C12H14FN3O2/c1-3-17-7(2)11-15-12(18-16-11)9-5-4-8(13)6-10(9)14/h4-7H,3,14H2,1-2H3. The molecule has 0 amide bonds. The van der Waals surface area contributed by atoms with Gasteiger partial charge in [0.2, 0.25) is 5.82 Å². The van der Waals surface area contributed by atoms with Gasteiger partial charge in [0.15, 0.2) is 0 Å². The number of hydrogen-bond acceptors (Lipinski definition) is 5. The van der Waals surface area contributed by atoms with Crippen LogP contribution in [0.1, 0.15) is 25.8 Å². The number of aromatic nitrogens is 2. The maximum atomic E-state index is 12.9.